The average Bonchev–Trinajstić information content (AvgIpc) is 2.69. The van der Waals surface area contributed by atoms with Crippen LogP contribution < -0.4 is 10.6 Å². The van der Waals surface area contributed by atoms with E-state index in [1.54, 1.807) is 0 Å². The summed E-state index contributed by atoms with van der Waals surface area (Å²) in [5, 5.41) is 10.8. The van der Waals surface area contributed by atoms with Crippen LogP contribution in [0.5, 0.6) is 0 Å². The fraction of sp³-hybridized carbons (Fsp3) is 0.333. The van der Waals surface area contributed by atoms with Crippen molar-refractivity contribution in [2.24, 2.45) is 11.1 Å². The molecule has 1 atom stereocenters. The Bertz CT molecular complexity index is 1250. The molecule has 2 aliphatic rings. The first-order valence-electron chi connectivity index (χ1n) is 10.8. The Morgan fingerprint density at radius 2 is 1.81 bits per heavy atom. The van der Waals surface area contributed by atoms with Gasteiger partial charge in [0.1, 0.15) is 5.82 Å². The Hall–Kier alpha value is -3.03. The van der Waals surface area contributed by atoms with E-state index in [1.807, 2.05) is 56.0 Å². The van der Waals surface area contributed by atoms with Crippen molar-refractivity contribution in [1.29, 1.82) is 5.26 Å². The van der Waals surface area contributed by atoms with Crippen molar-refractivity contribution >= 4 is 23.1 Å². The van der Waals surface area contributed by atoms with E-state index in [0.29, 0.717) is 34.8 Å². The highest BCUT2D eigenvalue weighted by Crippen LogP contribution is 2.51. The molecule has 32 heavy (non-hydrogen) atoms. The molecule has 0 saturated carbocycles. The van der Waals surface area contributed by atoms with Crippen LogP contribution in [0.2, 0.25) is 5.02 Å². The van der Waals surface area contributed by atoms with Crippen LogP contribution >= 0.6 is 11.6 Å². The molecule has 0 radical (unpaired) electrons. The van der Waals surface area contributed by atoms with Crippen LogP contribution in [0.3, 0.4) is 0 Å². The fourth-order valence-corrected chi connectivity index (χ4v) is 5.23. The molecule has 0 saturated heterocycles. The number of aryl methyl sites for hydroxylation is 3. The van der Waals surface area contributed by atoms with Gasteiger partial charge in [-0.15, -0.1) is 0 Å². The minimum Gasteiger partial charge on any atom is -0.384 e. The van der Waals surface area contributed by atoms with Crippen molar-refractivity contribution < 1.29 is 4.79 Å². The molecule has 0 spiro atoms. The second kappa shape index (κ2) is 7.83. The number of anilines is 1. The zero-order valence-corrected chi connectivity index (χ0v) is 20.0. The summed E-state index contributed by atoms with van der Waals surface area (Å²) < 4.78 is 0. The number of nitrogens with zero attached hydrogens (tertiary/aromatic N) is 2. The van der Waals surface area contributed by atoms with E-state index in [-0.39, 0.29) is 11.2 Å². The Labute approximate surface area is 195 Å². The van der Waals surface area contributed by atoms with Gasteiger partial charge in [0, 0.05) is 22.7 Å². The van der Waals surface area contributed by atoms with E-state index in [2.05, 4.69) is 26.0 Å². The number of carbonyl (C=O) groups is 1. The quantitative estimate of drug-likeness (QED) is 0.596. The number of halogens is 1. The maximum atomic E-state index is 13.6. The van der Waals surface area contributed by atoms with Crippen molar-refractivity contribution in [3.8, 4) is 6.07 Å². The molecule has 0 aromatic heterocycles. The second-order valence-electron chi connectivity index (χ2n) is 9.77. The summed E-state index contributed by atoms with van der Waals surface area (Å²) in [5.41, 5.74) is 13.4. The normalized spacial score (nSPS) is 20.3. The van der Waals surface area contributed by atoms with Crippen LogP contribution in [0.1, 0.15) is 54.9 Å². The lowest BCUT2D eigenvalue weighted by Gasteiger charge is -2.44. The second-order valence-corrected chi connectivity index (χ2v) is 10.2. The number of benzene rings is 2. The van der Waals surface area contributed by atoms with Gasteiger partial charge in [0.2, 0.25) is 0 Å². The maximum absolute atomic E-state index is 13.6. The summed E-state index contributed by atoms with van der Waals surface area (Å²) >= 11 is 6.34. The standard InChI is InChI=1S/C27H28ClN3O/c1-15-6-9-19(17(3)10-15)24-20(14-29)26(30)31(21-11-18(28)8-7-16(21)2)22-12-27(4,5)13-23(32)25(22)24/h6-11,24H,12-13,30H2,1-5H3. The van der Waals surface area contributed by atoms with Gasteiger partial charge >= 0.3 is 0 Å². The number of nitrogens with two attached hydrogens (primary N) is 1. The molecule has 0 bridgehead atoms. The Balaban J connectivity index is 2.05. The lowest BCUT2D eigenvalue weighted by atomic mass is 9.68. The maximum Gasteiger partial charge on any atom is 0.162 e. The number of nitriles is 1. The van der Waals surface area contributed by atoms with Gasteiger partial charge in [-0.3, -0.25) is 9.69 Å². The van der Waals surface area contributed by atoms with Crippen LogP contribution in [0.4, 0.5) is 5.69 Å². The Morgan fingerprint density at radius 3 is 2.47 bits per heavy atom. The summed E-state index contributed by atoms with van der Waals surface area (Å²) in [6.45, 7) is 10.2. The van der Waals surface area contributed by atoms with Crippen LogP contribution in [0, 0.1) is 37.5 Å². The van der Waals surface area contributed by atoms with Crippen LogP contribution in [-0.2, 0) is 4.79 Å². The molecule has 2 N–H and O–H groups in total. The van der Waals surface area contributed by atoms with Gasteiger partial charge in [0.25, 0.3) is 0 Å². The zero-order chi connectivity index (χ0) is 23.4. The van der Waals surface area contributed by atoms with Crippen LogP contribution in [-0.4, -0.2) is 5.78 Å². The van der Waals surface area contributed by atoms with Gasteiger partial charge in [-0.2, -0.15) is 5.26 Å². The number of carbonyl (C=O) groups excluding carboxylic acids is 1. The lowest BCUT2D eigenvalue weighted by molar-refractivity contribution is -0.118. The summed E-state index contributed by atoms with van der Waals surface area (Å²) in [7, 11) is 0. The molecule has 4 nitrogen and oxygen atoms in total. The fourth-order valence-electron chi connectivity index (χ4n) is 5.07. The van der Waals surface area contributed by atoms with E-state index in [4.69, 9.17) is 17.3 Å². The molecule has 2 aromatic carbocycles. The molecule has 1 heterocycles. The highest BCUT2D eigenvalue weighted by molar-refractivity contribution is 6.30. The predicted molar refractivity (Wildman–Crippen MR) is 129 cm³/mol. The third-order valence-corrected chi connectivity index (χ3v) is 6.76. The monoisotopic (exact) mass is 445 g/mol. The molecule has 2 aromatic rings. The predicted octanol–water partition coefficient (Wildman–Crippen LogP) is 6.21. The molecular weight excluding hydrogens is 418 g/mol. The molecule has 1 aliphatic heterocycles. The van der Waals surface area contributed by atoms with Gasteiger partial charge in [-0.25, -0.2) is 0 Å². The van der Waals surface area contributed by atoms with Gasteiger partial charge in [0.05, 0.1) is 23.2 Å². The number of ketones is 1. The summed E-state index contributed by atoms with van der Waals surface area (Å²) in [5.74, 6) is -0.0202. The van der Waals surface area contributed by atoms with E-state index in [1.165, 1.54) is 0 Å². The Kier molecular flexibility index (Phi) is 5.43. The van der Waals surface area contributed by atoms with Crippen molar-refractivity contribution in [3.05, 3.63) is 86.3 Å². The molecule has 4 rings (SSSR count). The van der Waals surface area contributed by atoms with Gasteiger partial charge < -0.3 is 5.73 Å². The van der Waals surface area contributed by atoms with Crippen LogP contribution in [0.25, 0.3) is 0 Å². The van der Waals surface area contributed by atoms with Crippen LogP contribution in [0.15, 0.2) is 59.1 Å². The smallest absolute Gasteiger partial charge is 0.162 e. The third kappa shape index (κ3) is 3.61. The lowest BCUT2D eigenvalue weighted by Crippen LogP contribution is -2.42. The topological polar surface area (TPSA) is 70.1 Å². The molecule has 164 valence electrons. The van der Waals surface area contributed by atoms with E-state index >= 15 is 0 Å². The summed E-state index contributed by atoms with van der Waals surface area (Å²) in [6, 6.07) is 14.1. The minimum absolute atomic E-state index is 0.0751. The largest absolute Gasteiger partial charge is 0.384 e. The number of hydrogen-bond donors (Lipinski definition) is 1. The van der Waals surface area contributed by atoms with Gasteiger partial charge in [-0.1, -0.05) is 55.3 Å². The highest BCUT2D eigenvalue weighted by Gasteiger charge is 2.45. The van der Waals surface area contributed by atoms with E-state index in [9.17, 15) is 10.1 Å². The average molecular weight is 446 g/mol. The first-order chi connectivity index (χ1) is 15.0. The van der Waals surface area contributed by atoms with Crippen molar-refractivity contribution in [1.82, 2.24) is 0 Å². The molecule has 1 aliphatic carbocycles. The van der Waals surface area contributed by atoms with Crippen molar-refractivity contribution in [2.75, 3.05) is 4.90 Å². The first-order valence-corrected chi connectivity index (χ1v) is 11.2. The summed E-state index contributed by atoms with van der Waals surface area (Å²) in [4.78, 5) is 15.5. The van der Waals surface area contributed by atoms with E-state index < -0.39 is 5.92 Å². The molecule has 5 heteroatoms. The van der Waals surface area contributed by atoms with Crippen molar-refractivity contribution in [2.45, 2.75) is 53.4 Å². The van der Waals surface area contributed by atoms with Gasteiger partial charge in [0.15, 0.2) is 5.78 Å². The summed E-state index contributed by atoms with van der Waals surface area (Å²) in [6.07, 6.45) is 1.12. The SMILES string of the molecule is Cc1ccc(C2C(C#N)=C(N)N(c3cc(Cl)ccc3C)C3=C2C(=O)CC(C)(C)C3)c(C)c1. The number of allylic oxidation sites excluding steroid dienone is 3. The minimum atomic E-state index is -0.463. The van der Waals surface area contributed by atoms with Gasteiger partial charge in [-0.05, 0) is 61.4 Å². The Morgan fingerprint density at radius 1 is 1.09 bits per heavy atom. The van der Waals surface area contributed by atoms with Crippen molar-refractivity contribution in [3.63, 3.8) is 0 Å². The highest BCUT2D eigenvalue weighted by atomic mass is 35.5. The zero-order valence-electron chi connectivity index (χ0n) is 19.2. The van der Waals surface area contributed by atoms with E-state index in [0.717, 1.165) is 33.6 Å². The molecule has 1 unspecified atom stereocenters. The first kappa shape index (κ1) is 22.2. The number of rotatable bonds is 2. The third-order valence-electron chi connectivity index (χ3n) is 6.53. The molecular formula is C27H28ClN3O. The molecule has 0 amide bonds. The molecule has 0 fully saturated rings. The number of hydrogen-bond acceptors (Lipinski definition) is 4. The number of Topliss-reactive ketones (excluding diaryl/α,β-unsaturated/α-hetero) is 1.